The van der Waals surface area contributed by atoms with Crippen molar-refractivity contribution < 1.29 is 4.42 Å². The van der Waals surface area contributed by atoms with Crippen LogP contribution in [0.5, 0.6) is 0 Å². The lowest BCUT2D eigenvalue weighted by Crippen LogP contribution is -1.93. The van der Waals surface area contributed by atoms with Crippen molar-refractivity contribution >= 4 is 107 Å². The first kappa shape index (κ1) is 28.5. The van der Waals surface area contributed by atoms with Crippen molar-refractivity contribution in [2.75, 3.05) is 0 Å². The summed E-state index contributed by atoms with van der Waals surface area (Å²) < 4.78 is 14.0. The van der Waals surface area contributed by atoms with Gasteiger partial charge in [-0.3, -0.25) is 0 Å². The van der Waals surface area contributed by atoms with Crippen molar-refractivity contribution in [1.29, 1.82) is 0 Å². The van der Waals surface area contributed by atoms with E-state index < -0.39 is 0 Å². The topological polar surface area (TPSA) is 18.1 Å². The summed E-state index contributed by atoms with van der Waals surface area (Å²) in [6.07, 6.45) is 0. The molecule has 0 unspecified atom stereocenters. The van der Waals surface area contributed by atoms with Crippen LogP contribution in [0.25, 0.3) is 112 Å². The maximum absolute atomic E-state index is 6.30. The molecule has 12 rings (SSSR count). The molecular weight excluding hydrogens is 671 g/mol. The van der Waals surface area contributed by atoms with Crippen LogP contribution < -0.4 is 0 Å². The highest BCUT2D eigenvalue weighted by Crippen LogP contribution is 2.46. The molecule has 0 aliphatic rings. The first-order valence-corrected chi connectivity index (χ1v) is 19.2. The average Bonchev–Trinajstić information content (AvgIpc) is 3.96. The van der Waals surface area contributed by atoms with Gasteiger partial charge in [-0.15, -0.1) is 22.7 Å². The van der Waals surface area contributed by atoms with Crippen molar-refractivity contribution in [1.82, 2.24) is 4.57 Å². The molecule has 0 spiro atoms. The van der Waals surface area contributed by atoms with Gasteiger partial charge in [0.25, 0.3) is 0 Å². The minimum Gasteiger partial charge on any atom is -0.456 e. The molecule has 0 N–H and O–H groups in total. The maximum atomic E-state index is 6.30. The fourth-order valence-electron chi connectivity index (χ4n) is 8.37. The average molecular weight is 698 g/mol. The van der Waals surface area contributed by atoms with E-state index >= 15 is 0 Å². The fourth-order valence-corrected chi connectivity index (χ4v) is 10.8. The number of nitrogens with zero attached hydrogens (tertiary/aromatic N) is 1. The molecule has 12 aromatic rings. The number of thiophene rings is 2. The van der Waals surface area contributed by atoms with Crippen LogP contribution >= 0.6 is 22.7 Å². The van der Waals surface area contributed by atoms with E-state index in [1.165, 1.54) is 90.1 Å². The van der Waals surface area contributed by atoms with Crippen LogP contribution in [0, 0.1) is 0 Å². The molecule has 2 nitrogen and oxygen atoms in total. The molecule has 0 fully saturated rings. The summed E-state index contributed by atoms with van der Waals surface area (Å²) in [5, 5.41) is 10.2. The van der Waals surface area contributed by atoms with E-state index in [9.17, 15) is 0 Å². The van der Waals surface area contributed by atoms with Gasteiger partial charge in [-0.2, -0.15) is 0 Å². The predicted octanol–water partition coefficient (Wildman–Crippen LogP) is 14.8. The van der Waals surface area contributed by atoms with E-state index in [1.807, 2.05) is 22.7 Å². The Labute approximate surface area is 306 Å². The molecule has 4 heterocycles. The van der Waals surface area contributed by atoms with E-state index in [0.717, 1.165) is 21.9 Å². The van der Waals surface area contributed by atoms with Crippen LogP contribution in [0.3, 0.4) is 0 Å². The first-order chi connectivity index (χ1) is 25.7. The van der Waals surface area contributed by atoms with Crippen LogP contribution in [0.2, 0.25) is 0 Å². The lowest BCUT2D eigenvalue weighted by atomic mass is 9.99. The molecule has 242 valence electrons. The Balaban J connectivity index is 1.03. The van der Waals surface area contributed by atoms with E-state index in [0.29, 0.717) is 0 Å². The van der Waals surface area contributed by atoms with Crippen molar-refractivity contribution in [3.05, 3.63) is 164 Å². The van der Waals surface area contributed by atoms with Crippen molar-refractivity contribution in [3.8, 4) is 27.9 Å². The standard InChI is InChI=1S/C48H27NOS2/c1-2-8-28(9-3-1)29-14-19-42-36(24-29)37-25-30(15-20-43(37)50-42)31-16-21-45-39(26-31)47-46(51-45)23-18-35-38-27-32(17-22-44(38)52-48(35)47)49-40-12-6-4-10-33(40)34-11-5-7-13-41(34)49/h1-27H. The van der Waals surface area contributed by atoms with Gasteiger partial charge < -0.3 is 8.98 Å². The Bertz CT molecular complexity index is 3360. The number of hydrogen-bond acceptors (Lipinski definition) is 3. The van der Waals surface area contributed by atoms with Gasteiger partial charge in [0.2, 0.25) is 0 Å². The van der Waals surface area contributed by atoms with Crippen LogP contribution in [-0.2, 0) is 0 Å². The molecule has 4 heteroatoms. The zero-order chi connectivity index (χ0) is 33.9. The molecule has 0 aliphatic heterocycles. The number of hydrogen-bond donors (Lipinski definition) is 0. The SMILES string of the molecule is c1ccc(-c2ccc3oc4ccc(-c5ccc6sc7ccc8c9cc(-n%10c%11ccccc%11c%11ccccc%11%10)ccc9sc8c7c6c5)cc4c3c2)cc1. The molecule has 0 amide bonds. The van der Waals surface area contributed by atoms with Crippen molar-refractivity contribution in [3.63, 3.8) is 0 Å². The smallest absolute Gasteiger partial charge is 0.135 e. The van der Waals surface area contributed by atoms with Crippen LogP contribution in [0.1, 0.15) is 0 Å². The van der Waals surface area contributed by atoms with E-state index in [1.54, 1.807) is 0 Å². The number of para-hydroxylation sites is 2. The van der Waals surface area contributed by atoms with Crippen molar-refractivity contribution in [2.45, 2.75) is 0 Å². The van der Waals surface area contributed by atoms with E-state index in [4.69, 9.17) is 4.42 Å². The van der Waals surface area contributed by atoms with E-state index in [2.05, 4.69) is 168 Å². The Morgan fingerprint density at radius 2 is 0.942 bits per heavy atom. The predicted molar refractivity (Wildman–Crippen MR) is 225 cm³/mol. The number of rotatable bonds is 3. The lowest BCUT2D eigenvalue weighted by Gasteiger charge is -2.08. The lowest BCUT2D eigenvalue weighted by molar-refractivity contribution is 0.669. The van der Waals surface area contributed by atoms with Gasteiger partial charge in [-0.1, -0.05) is 91.0 Å². The van der Waals surface area contributed by atoms with Gasteiger partial charge in [0.1, 0.15) is 11.2 Å². The van der Waals surface area contributed by atoms with Crippen LogP contribution in [0.4, 0.5) is 0 Å². The molecule has 8 aromatic carbocycles. The zero-order valence-corrected chi connectivity index (χ0v) is 29.4. The molecule has 0 aliphatic carbocycles. The number of benzene rings is 8. The first-order valence-electron chi connectivity index (χ1n) is 17.6. The Hall–Kier alpha value is -6.20. The Kier molecular flexibility index (Phi) is 5.84. The normalized spacial score (nSPS) is 12.2. The number of fused-ring (bicyclic) bond motifs is 13. The molecular formula is C48H27NOS2. The summed E-state index contributed by atoms with van der Waals surface area (Å²) in [6, 6.07) is 59.8. The van der Waals surface area contributed by atoms with Crippen molar-refractivity contribution in [2.24, 2.45) is 0 Å². The van der Waals surface area contributed by atoms with Gasteiger partial charge in [-0.05, 0) is 95.1 Å². The third-order valence-electron chi connectivity index (χ3n) is 10.8. The highest BCUT2D eigenvalue weighted by molar-refractivity contribution is 7.29. The second-order valence-corrected chi connectivity index (χ2v) is 15.8. The van der Waals surface area contributed by atoms with E-state index in [-0.39, 0.29) is 0 Å². The molecule has 0 saturated heterocycles. The van der Waals surface area contributed by atoms with Crippen LogP contribution in [0.15, 0.2) is 168 Å². The highest BCUT2D eigenvalue weighted by atomic mass is 32.1. The summed E-state index contributed by atoms with van der Waals surface area (Å²) in [7, 11) is 0. The molecule has 52 heavy (non-hydrogen) atoms. The van der Waals surface area contributed by atoms with Gasteiger partial charge in [0.15, 0.2) is 0 Å². The summed E-state index contributed by atoms with van der Waals surface area (Å²) in [5.41, 5.74) is 10.3. The monoisotopic (exact) mass is 697 g/mol. The second-order valence-electron chi connectivity index (χ2n) is 13.7. The number of furan rings is 1. The molecule has 0 bridgehead atoms. The van der Waals surface area contributed by atoms with Gasteiger partial charge in [0, 0.05) is 67.6 Å². The fraction of sp³-hybridized carbons (Fsp3) is 0. The number of aromatic nitrogens is 1. The Morgan fingerprint density at radius 3 is 1.67 bits per heavy atom. The summed E-state index contributed by atoms with van der Waals surface area (Å²) in [4.78, 5) is 0. The minimum atomic E-state index is 0.915. The van der Waals surface area contributed by atoms with Gasteiger partial charge in [-0.25, -0.2) is 0 Å². The minimum absolute atomic E-state index is 0.915. The summed E-state index contributed by atoms with van der Waals surface area (Å²) in [5.74, 6) is 0. The quantitative estimate of drug-likeness (QED) is 0.180. The van der Waals surface area contributed by atoms with Gasteiger partial charge in [0.05, 0.1) is 11.0 Å². The maximum Gasteiger partial charge on any atom is 0.135 e. The third kappa shape index (κ3) is 4.05. The van der Waals surface area contributed by atoms with Crippen LogP contribution in [-0.4, -0.2) is 4.57 Å². The molecule has 0 radical (unpaired) electrons. The second kappa shape index (κ2) is 10.7. The zero-order valence-electron chi connectivity index (χ0n) is 27.8. The molecule has 0 atom stereocenters. The largest absolute Gasteiger partial charge is 0.456 e. The summed E-state index contributed by atoms with van der Waals surface area (Å²) >= 11 is 3.80. The Morgan fingerprint density at radius 1 is 0.365 bits per heavy atom. The third-order valence-corrected chi connectivity index (χ3v) is 13.1. The molecule has 4 aromatic heterocycles. The summed E-state index contributed by atoms with van der Waals surface area (Å²) in [6.45, 7) is 0. The van der Waals surface area contributed by atoms with Gasteiger partial charge >= 0.3 is 0 Å². The highest BCUT2D eigenvalue weighted by Gasteiger charge is 2.17. The molecule has 0 saturated carbocycles.